The smallest absolute Gasteiger partial charge is 0.326 e. The molecule has 1 rings (SSSR count). The summed E-state index contributed by atoms with van der Waals surface area (Å²) in [5.74, 6) is -0.403. The summed E-state index contributed by atoms with van der Waals surface area (Å²) in [6.45, 7) is 3.98. The molecule has 0 aromatic rings. The van der Waals surface area contributed by atoms with Gasteiger partial charge in [0.15, 0.2) is 0 Å². The summed E-state index contributed by atoms with van der Waals surface area (Å²) >= 11 is 0. The highest BCUT2D eigenvalue weighted by Gasteiger charge is 2.36. The van der Waals surface area contributed by atoms with Gasteiger partial charge in [0, 0.05) is 6.04 Å². The first-order valence-corrected chi connectivity index (χ1v) is 5.88. The lowest BCUT2D eigenvalue weighted by Crippen LogP contribution is -2.46. The topological polar surface area (TPSA) is 78.4 Å². The van der Waals surface area contributed by atoms with Crippen LogP contribution in [0.2, 0.25) is 0 Å². The molecule has 1 aliphatic carbocycles. The molecule has 2 unspecified atom stereocenters. The van der Waals surface area contributed by atoms with Crippen LogP contribution in [-0.4, -0.2) is 29.2 Å². The number of urea groups is 1. The number of hydrogen-bond acceptors (Lipinski definition) is 2. The van der Waals surface area contributed by atoms with E-state index in [1.165, 1.54) is 0 Å². The third-order valence-corrected chi connectivity index (χ3v) is 2.94. The minimum atomic E-state index is -0.972. The van der Waals surface area contributed by atoms with Gasteiger partial charge in [-0.15, -0.1) is 0 Å². The molecule has 0 aromatic carbocycles. The highest BCUT2D eigenvalue weighted by Crippen LogP contribution is 2.32. The number of aliphatic carboxylic acids is 1. The van der Waals surface area contributed by atoms with Crippen molar-refractivity contribution in [2.45, 2.75) is 51.6 Å². The van der Waals surface area contributed by atoms with Gasteiger partial charge in [-0.1, -0.05) is 26.7 Å². The monoisotopic (exact) mass is 228 g/mol. The first-order valence-electron chi connectivity index (χ1n) is 5.88. The van der Waals surface area contributed by atoms with Crippen LogP contribution in [0.25, 0.3) is 0 Å². The molecular weight excluding hydrogens is 208 g/mol. The maximum atomic E-state index is 11.5. The minimum absolute atomic E-state index is 0.237. The van der Waals surface area contributed by atoms with Crippen LogP contribution in [0.3, 0.4) is 0 Å². The summed E-state index contributed by atoms with van der Waals surface area (Å²) in [6.07, 6.45) is 3.26. The fraction of sp³-hybridized carbons (Fsp3) is 0.818. The van der Waals surface area contributed by atoms with Crippen molar-refractivity contribution < 1.29 is 14.7 Å². The largest absolute Gasteiger partial charge is 0.480 e. The Morgan fingerprint density at radius 2 is 2.12 bits per heavy atom. The van der Waals surface area contributed by atoms with Crippen molar-refractivity contribution >= 4 is 12.0 Å². The molecule has 0 heterocycles. The second-order valence-corrected chi connectivity index (χ2v) is 4.31. The molecule has 0 bridgehead atoms. The molecule has 1 saturated carbocycles. The van der Waals surface area contributed by atoms with Gasteiger partial charge in [0.25, 0.3) is 0 Å². The molecule has 0 aliphatic heterocycles. The van der Waals surface area contributed by atoms with E-state index in [0.29, 0.717) is 12.3 Å². The van der Waals surface area contributed by atoms with E-state index in [0.717, 1.165) is 19.3 Å². The number of rotatable bonds is 6. The van der Waals surface area contributed by atoms with E-state index in [2.05, 4.69) is 17.6 Å². The normalized spacial score (nSPS) is 24.6. The Balaban J connectivity index is 2.29. The average Bonchev–Trinajstić information content (AvgIpc) is 2.95. The Hall–Kier alpha value is -1.26. The van der Waals surface area contributed by atoms with Gasteiger partial charge in [-0.3, -0.25) is 0 Å². The van der Waals surface area contributed by atoms with E-state index in [4.69, 9.17) is 5.11 Å². The van der Waals surface area contributed by atoms with Crippen LogP contribution in [0.4, 0.5) is 4.79 Å². The van der Waals surface area contributed by atoms with Crippen LogP contribution in [-0.2, 0) is 4.79 Å². The van der Waals surface area contributed by atoms with Crippen LogP contribution < -0.4 is 10.6 Å². The number of hydrogen-bond donors (Lipinski definition) is 3. The maximum Gasteiger partial charge on any atom is 0.326 e. The van der Waals surface area contributed by atoms with Crippen molar-refractivity contribution in [1.29, 1.82) is 0 Å². The molecule has 1 fully saturated rings. The molecule has 92 valence electrons. The van der Waals surface area contributed by atoms with Gasteiger partial charge in [0.2, 0.25) is 0 Å². The zero-order chi connectivity index (χ0) is 12.1. The van der Waals surface area contributed by atoms with Crippen LogP contribution in [0.1, 0.15) is 39.5 Å². The zero-order valence-corrected chi connectivity index (χ0v) is 9.82. The summed E-state index contributed by atoms with van der Waals surface area (Å²) in [5.41, 5.74) is 0. The van der Waals surface area contributed by atoms with Crippen LogP contribution in [0, 0.1) is 5.92 Å². The molecule has 3 N–H and O–H groups in total. The van der Waals surface area contributed by atoms with Crippen molar-refractivity contribution in [3.05, 3.63) is 0 Å². The Morgan fingerprint density at radius 1 is 1.44 bits per heavy atom. The minimum Gasteiger partial charge on any atom is -0.480 e. The van der Waals surface area contributed by atoms with E-state index in [-0.39, 0.29) is 12.1 Å². The molecule has 16 heavy (non-hydrogen) atoms. The van der Waals surface area contributed by atoms with Gasteiger partial charge >= 0.3 is 12.0 Å². The van der Waals surface area contributed by atoms with Crippen molar-refractivity contribution in [3.8, 4) is 0 Å². The standard InChI is InChI=1S/C11H20N2O3/c1-3-5-8(10(14)15)12-11(16)13-9-6-7(9)4-2/h7-9H,3-6H2,1-2H3,(H,14,15)(H2,12,13,16)/t7?,8-,9?/m0/s1. The van der Waals surface area contributed by atoms with Crippen molar-refractivity contribution in [2.75, 3.05) is 0 Å². The van der Waals surface area contributed by atoms with E-state index in [9.17, 15) is 9.59 Å². The third-order valence-electron chi connectivity index (χ3n) is 2.94. The number of carbonyl (C=O) groups is 2. The fourth-order valence-electron chi connectivity index (χ4n) is 1.79. The van der Waals surface area contributed by atoms with Gasteiger partial charge in [-0.2, -0.15) is 0 Å². The number of carboxylic acid groups (broad SMARTS) is 1. The van der Waals surface area contributed by atoms with Gasteiger partial charge in [-0.25, -0.2) is 9.59 Å². The predicted molar refractivity (Wildman–Crippen MR) is 60.2 cm³/mol. The SMILES string of the molecule is CCC[C@H](NC(=O)NC1CC1CC)C(=O)O. The molecule has 3 atom stereocenters. The highest BCUT2D eigenvalue weighted by atomic mass is 16.4. The quantitative estimate of drug-likeness (QED) is 0.642. The Bertz CT molecular complexity index is 268. The molecule has 0 spiro atoms. The molecule has 0 radical (unpaired) electrons. The van der Waals surface area contributed by atoms with Crippen molar-refractivity contribution in [2.24, 2.45) is 5.92 Å². The Labute approximate surface area is 95.6 Å². The van der Waals surface area contributed by atoms with E-state index in [1.54, 1.807) is 0 Å². The average molecular weight is 228 g/mol. The molecule has 5 heteroatoms. The van der Waals surface area contributed by atoms with E-state index in [1.807, 2.05) is 6.92 Å². The Kier molecular flexibility index (Phi) is 4.58. The maximum absolute atomic E-state index is 11.5. The molecule has 0 saturated heterocycles. The van der Waals surface area contributed by atoms with Gasteiger partial charge in [-0.05, 0) is 18.8 Å². The highest BCUT2D eigenvalue weighted by molar-refractivity contribution is 5.82. The zero-order valence-electron chi connectivity index (χ0n) is 9.82. The van der Waals surface area contributed by atoms with E-state index >= 15 is 0 Å². The Morgan fingerprint density at radius 3 is 2.56 bits per heavy atom. The van der Waals surface area contributed by atoms with Crippen LogP contribution in [0.15, 0.2) is 0 Å². The van der Waals surface area contributed by atoms with Gasteiger partial charge in [0.1, 0.15) is 6.04 Å². The molecular formula is C11H20N2O3. The number of carboxylic acids is 1. The lowest BCUT2D eigenvalue weighted by molar-refractivity contribution is -0.139. The first-order chi connectivity index (χ1) is 7.58. The van der Waals surface area contributed by atoms with Gasteiger partial charge < -0.3 is 15.7 Å². The second kappa shape index (κ2) is 5.72. The number of carbonyl (C=O) groups excluding carboxylic acids is 1. The summed E-state index contributed by atoms with van der Waals surface area (Å²) < 4.78 is 0. The summed E-state index contributed by atoms with van der Waals surface area (Å²) in [7, 11) is 0. The van der Waals surface area contributed by atoms with Crippen LogP contribution >= 0.6 is 0 Å². The van der Waals surface area contributed by atoms with E-state index < -0.39 is 12.0 Å². The van der Waals surface area contributed by atoms with Crippen molar-refractivity contribution in [3.63, 3.8) is 0 Å². The predicted octanol–water partition coefficient (Wildman–Crippen LogP) is 1.34. The summed E-state index contributed by atoms with van der Waals surface area (Å²) in [6, 6.07) is -0.897. The molecule has 2 amide bonds. The summed E-state index contributed by atoms with van der Waals surface area (Å²) in [5, 5.41) is 14.1. The van der Waals surface area contributed by atoms with Crippen molar-refractivity contribution in [1.82, 2.24) is 10.6 Å². The molecule has 1 aliphatic rings. The molecule has 0 aromatic heterocycles. The third kappa shape index (κ3) is 3.72. The molecule has 5 nitrogen and oxygen atoms in total. The number of amides is 2. The lowest BCUT2D eigenvalue weighted by Gasteiger charge is -2.14. The fourth-order valence-corrected chi connectivity index (χ4v) is 1.79. The van der Waals surface area contributed by atoms with Gasteiger partial charge in [0.05, 0.1) is 0 Å². The number of nitrogens with one attached hydrogen (secondary N) is 2. The summed E-state index contributed by atoms with van der Waals surface area (Å²) in [4.78, 5) is 22.3. The second-order valence-electron chi connectivity index (χ2n) is 4.31. The first kappa shape index (κ1) is 12.8. The van der Waals surface area contributed by atoms with Crippen LogP contribution in [0.5, 0.6) is 0 Å². The lowest BCUT2D eigenvalue weighted by atomic mass is 10.2.